The summed E-state index contributed by atoms with van der Waals surface area (Å²) >= 11 is 8.97. The maximum absolute atomic E-state index is 5.61. The molecule has 0 aliphatic carbocycles. The molecular weight excluding hydrogens is 284 g/mol. The van der Waals surface area contributed by atoms with Crippen LogP contribution in [0.4, 0.5) is 0 Å². The van der Waals surface area contributed by atoms with Crippen LogP contribution in [-0.2, 0) is 0 Å². The molecule has 0 heterocycles. The molecule has 0 saturated heterocycles. The van der Waals surface area contributed by atoms with Gasteiger partial charge in [-0.2, -0.15) is 0 Å². The lowest BCUT2D eigenvalue weighted by Crippen LogP contribution is -1.67. The second-order valence-electron chi connectivity index (χ2n) is 3.59. The first-order chi connectivity index (χ1) is 7.58. The lowest BCUT2D eigenvalue weighted by molar-refractivity contribution is 1.45. The van der Waals surface area contributed by atoms with E-state index in [1.807, 2.05) is 43.3 Å². The Balaban J connectivity index is 0.000000160. The quantitative estimate of drug-likeness (QED) is 0.610. The highest BCUT2D eigenvalue weighted by molar-refractivity contribution is 9.10. The number of aryl methyl sites for hydroxylation is 2. The molecule has 0 bridgehead atoms. The van der Waals surface area contributed by atoms with Crippen LogP contribution in [-0.4, -0.2) is 0 Å². The van der Waals surface area contributed by atoms with Crippen LogP contribution >= 0.6 is 27.5 Å². The molecule has 0 aromatic heterocycles. The van der Waals surface area contributed by atoms with Crippen LogP contribution < -0.4 is 0 Å². The van der Waals surface area contributed by atoms with E-state index in [2.05, 4.69) is 35.0 Å². The van der Waals surface area contributed by atoms with Gasteiger partial charge in [0.15, 0.2) is 0 Å². The molecule has 0 atom stereocenters. The summed E-state index contributed by atoms with van der Waals surface area (Å²) in [6.07, 6.45) is 0. The van der Waals surface area contributed by atoms with E-state index in [-0.39, 0.29) is 0 Å². The van der Waals surface area contributed by atoms with Gasteiger partial charge in [-0.15, -0.1) is 0 Å². The molecule has 0 aliphatic rings. The first-order valence-corrected chi connectivity index (χ1v) is 6.19. The highest BCUT2D eigenvalue weighted by Crippen LogP contribution is 2.09. The fourth-order valence-electron chi connectivity index (χ4n) is 1.14. The summed E-state index contributed by atoms with van der Waals surface area (Å²) in [4.78, 5) is 0. The fourth-order valence-corrected chi connectivity index (χ4v) is 1.78. The maximum atomic E-state index is 5.61. The summed E-state index contributed by atoms with van der Waals surface area (Å²) in [6.45, 7) is 4.11. The molecule has 84 valence electrons. The van der Waals surface area contributed by atoms with E-state index < -0.39 is 0 Å². The molecule has 2 aromatic carbocycles. The zero-order chi connectivity index (χ0) is 12.0. The fraction of sp³-hybridized carbons (Fsp3) is 0.143. The van der Waals surface area contributed by atoms with E-state index in [9.17, 15) is 0 Å². The van der Waals surface area contributed by atoms with Crippen molar-refractivity contribution in [1.82, 2.24) is 0 Å². The predicted octanol–water partition coefficient (Wildman–Crippen LogP) is 5.41. The van der Waals surface area contributed by atoms with Crippen LogP contribution in [0.1, 0.15) is 11.1 Å². The minimum Gasteiger partial charge on any atom is -0.0843 e. The Hall–Kier alpha value is -0.790. The Morgan fingerprint density at radius 1 is 0.875 bits per heavy atom. The van der Waals surface area contributed by atoms with Gasteiger partial charge >= 0.3 is 0 Å². The minimum absolute atomic E-state index is 0.801. The standard InChI is InChI=1S/C7H7Br.C7H7Cl/c1-6-3-2-4-7(8)5-6;1-6-2-4-7(8)5-3-6/h2*2-5H,1H3. The monoisotopic (exact) mass is 296 g/mol. The van der Waals surface area contributed by atoms with Gasteiger partial charge in [-0.3, -0.25) is 0 Å². The second-order valence-corrected chi connectivity index (χ2v) is 4.95. The van der Waals surface area contributed by atoms with Crippen molar-refractivity contribution in [3.05, 3.63) is 69.2 Å². The lowest BCUT2D eigenvalue weighted by Gasteiger charge is -1.89. The molecule has 2 aromatic rings. The van der Waals surface area contributed by atoms with Gasteiger partial charge in [-0.25, -0.2) is 0 Å². The van der Waals surface area contributed by atoms with Crippen molar-refractivity contribution in [2.24, 2.45) is 0 Å². The molecule has 0 nitrogen and oxygen atoms in total. The smallest absolute Gasteiger partial charge is 0.0406 e. The molecule has 0 amide bonds. The van der Waals surface area contributed by atoms with Crippen LogP contribution in [0, 0.1) is 13.8 Å². The number of rotatable bonds is 0. The largest absolute Gasteiger partial charge is 0.0843 e. The molecule has 0 radical (unpaired) electrons. The molecule has 16 heavy (non-hydrogen) atoms. The molecule has 0 unspecified atom stereocenters. The minimum atomic E-state index is 0.801. The third kappa shape index (κ3) is 5.34. The van der Waals surface area contributed by atoms with Gasteiger partial charge in [0.05, 0.1) is 0 Å². The van der Waals surface area contributed by atoms with Crippen LogP contribution in [0.5, 0.6) is 0 Å². The first-order valence-electron chi connectivity index (χ1n) is 5.02. The van der Waals surface area contributed by atoms with Crippen molar-refractivity contribution < 1.29 is 0 Å². The second kappa shape index (κ2) is 6.72. The highest BCUT2D eigenvalue weighted by atomic mass is 79.9. The van der Waals surface area contributed by atoms with Crippen molar-refractivity contribution in [3.8, 4) is 0 Å². The predicted molar refractivity (Wildman–Crippen MR) is 75.1 cm³/mol. The Morgan fingerprint density at radius 2 is 1.50 bits per heavy atom. The number of hydrogen-bond donors (Lipinski definition) is 0. The number of hydrogen-bond acceptors (Lipinski definition) is 0. The van der Waals surface area contributed by atoms with E-state index in [1.165, 1.54) is 11.1 Å². The molecule has 0 saturated carbocycles. The van der Waals surface area contributed by atoms with Gasteiger partial charge in [-0.1, -0.05) is 62.9 Å². The summed E-state index contributed by atoms with van der Waals surface area (Å²) < 4.78 is 1.15. The van der Waals surface area contributed by atoms with E-state index in [4.69, 9.17) is 11.6 Å². The molecule has 0 fully saturated rings. The summed E-state index contributed by atoms with van der Waals surface area (Å²) in [5.74, 6) is 0. The summed E-state index contributed by atoms with van der Waals surface area (Å²) in [7, 11) is 0. The lowest BCUT2D eigenvalue weighted by atomic mass is 10.2. The van der Waals surface area contributed by atoms with Crippen molar-refractivity contribution in [2.45, 2.75) is 13.8 Å². The van der Waals surface area contributed by atoms with Crippen molar-refractivity contribution >= 4 is 27.5 Å². The average Bonchev–Trinajstić information content (AvgIpc) is 2.23. The van der Waals surface area contributed by atoms with E-state index in [0.29, 0.717) is 0 Å². The van der Waals surface area contributed by atoms with Crippen molar-refractivity contribution in [1.29, 1.82) is 0 Å². The van der Waals surface area contributed by atoms with Crippen molar-refractivity contribution in [3.63, 3.8) is 0 Å². The highest BCUT2D eigenvalue weighted by Gasteiger charge is 1.82. The van der Waals surface area contributed by atoms with Gasteiger partial charge in [0.1, 0.15) is 0 Å². The van der Waals surface area contributed by atoms with Crippen LogP contribution in [0.2, 0.25) is 5.02 Å². The summed E-state index contributed by atoms with van der Waals surface area (Å²) in [5, 5.41) is 0.801. The van der Waals surface area contributed by atoms with E-state index in [0.717, 1.165) is 9.50 Å². The van der Waals surface area contributed by atoms with Crippen LogP contribution in [0.15, 0.2) is 53.0 Å². The number of halogens is 2. The average molecular weight is 298 g/mol. The Kier molecular flexibility index (Phi) is 5.58. The molecule has 0 N–H and O–H groups in total. The van der Waals surface area contributed by atoms with Gasteiger partial charge < -0.3 is 0 Å². The Labute approximate surface area is 110 Å². The zero-order valence-electron chi connectivity index (χ0n) is 9.37. The molecular formula is C14H14BrCl. The maximum Gasteiger partial charge on any atom is 0.0406 e. The Bertz CT molecular complexity index is 396. The zero-order valence-corrected chi connectivity index (χ0v) is 11.7. The summed E-state index contributed by atoms with van der Waals surface area (Å²) in [6, 6.07) is 16.0. The molecule has 2 heteroatoms. The van der Waals surface area contributed by atoms with Gasteiger partial charge in [0.25, 0.3) is 0 Å². The molecule has 2 rings (SSSR count). The normalized spacial score (nSPS) is 9.25. The van der Waals surface area contributed by atoms with E-state index in [1.54, 1.807) is 0 Å². The molecule has 0 spiro atoms. The third-order valence-corrected chi connectivity index (χ3v) is 2.74. The SMILES string of the molecule is Cc1ccc(Cl)cc1.Cc1cccc(Br)c1. The topological polar surface area (TPSA) is 0 Å². The first kappa shape index (κ1) is 13.3. The molecule has 0 aliphatic heterocycles. The van der Waals surface area contributed by atoms with Crippen molar-refractivity contribution in [2.75, 3.05) is 0 Å². The van der Waals surface area contributed by atoms with Gasteiger partial charge in [-0.05, 0) is 38.1 Å². The summed E-state index contributed by atoms with van der Waals surface area (Å²) in [5.41, 5.74) is 2.54. The van der Waals surface area contributed by atoms with Crippen LogP contribution in [0.25, 0.3) is 0 Å². The van der Waals surface area contributed by atoms with E-state index >= 15 is 0 Å². The van der Waals surface area contributed by atoms with Crippen LogP contribution in [0.3, 0.4) is 0 Å². The third-order valence-electron chi connectivity index (χ3n) is 1.99. The number of benzene rings is 2. The Morgan fingerprint density at radius 3 is 1.88 bits per heavy atom. The van der Waals surface area contributed by atoms with Gasteiger partial charge in [0, 0.05) is 9.50 Å². The van der Waals surface area contributed by atoms with Gasteiger partial charge in [0.2, 0.25) is 0 Å².